The maximum absolute atomic E-state index is 12.6. The van der Waals surface area contributed by atoms with E-state index in [1.165, 1.54) is 28.0 Å². The molecule has 20 heavy (non-hydrogen) atoms. The fraction of sp³-hybridized carbons (Fsp3) is 0.267. The van der Waals surface area contributed by atoms with Crippen LogP contribution in [0.1, 0.15) is 33.0 Å². The van der Waals surface area contributed by atoms with E-state index in [0.29, 0.717) is 0 Å². The highest BCUT2D eigenvalue weighted by Gasteiger charge is 2.20. The van der Waals surface area contributed by atoms with Crippen molar-refractivity contribution in [3.05, 3.63) is 45.6 Å². The number of hydrogen-bond donors (Lipinski definition) is 0. The summed E-state index contributed by atoms with van der Waals surface area (Å²) in [6.07, 6.45) is 4.65. The van der Waals surface area contributed by atoms with Crippen molar-refractivity contribution in [2.75, 3.05) is 0 Å². The van der Waals surface area contributed by atoms with Gasteiger partial charge in [-0.3, -0.25) is 4.79 Å². The molecular weight excluding hydrogens is 270 g/mol. The van der Waals surface area contributed by atoms with Crippen molar-refractivity contribution in [2.24, 2.45) is 0 Å². The minimum atomic E-state index is -0.0712. The Labute approximate surface area is 120 Å². The van der Waals surface area contributed by atoms with E-state index in [9.17, 15) is 4.79 Å². The third-order valence-electron chi connectivity index (χ3n) is 3.75. The van der Waals surface area contributed by atoms with Crippen LogP contribution < -0.4 is 0 Å². The van der Waals surface area contributed by atoms with Gasteiger partial charge in [0.25, 0.3) is 5.91 Å². The van der Waals surface area contributed by atoms with Gasteiger partial charge in [-0.1, -0.05) is 17.3 Å². The Balaban J connectivity index is 1.78. The van der Waals surface area contributed by atoms with Crippen molar-refractivity contribution >= 4 is 28.3 Å². The zero-order chi connectivity index (χ0) is 13.5. The number of para-hydroxylation sites is 1. The van der Waals surface area contributed by atoms with Gasteiger partial charge in [-0.25, -0.2) is 0 Å². The van der Waals surface area contributed by atoms with Crippen LogP contribution in [0.3, 0.4) is 0 Å². The first-order valence-electron chi connectivity index (χ1n) is 6.80. The second-order valence-corrected chi connectivity index (χ2v) is 6.20. The average molecular weight is 283 g/mol. The molecule has 0 atom stereocenters. The Morgan fingerprint density at radius 2 is 2.05 bits per heavy atom. The first kappa shape index (κ1) is 11.8. The topological polar surface area (TPSA) is 47.8 Å². The number of nitrogens with zero attached hydrogens (tertiary/aromatic N) is 3. The van der Waals surface area contributed by atoms with E-state index in [1.54, 1.807) is 11.3 Å². The monoisotopic (exact) mass is 283 g/mol. The van der Waals surface area contributed by atoms with Gasteiger partial charge in [-0.2, -0.15) is 4.68 Å². The number of aromatic nitrogens is 3. The summed E-state index contributed by atoms with van der Waals surface area (Å²) in [6.45, 7) is 0. The molecule has 0 saturated heterocycles. The smallest absolute Gasteiger partial charge is 0.266 e. The van der Waals surface area contributed by atoms with Crippen LogP contribution >= 0.6 is 11.3 Å². The highest BCUT2D eigenvalue weighted by Crippen LogP contribution is 2.30. The second-order valence-electron chi connectivity index (χ2n) is 5.06. The summed E-state index contributed by atoms with van der Waals surface area (Å²) in [5.41, 5.74) is 2.86. The van der Waals surface area contributed by atoms with Gasteiger partial charge in [0.05, 0.1) is 10.4 Å². The van der Waals surface area contributed by atoms with Crippen molar-refractivity contribution in [3.63, 3.8) is 0 Å². The molecule has 0 bridgehead atoms. The summed E-state index contributed by atoms with van der Waals surface area (Å²) in [7, 11) is 0. The number of hydrogen-bond acceptors (Lipinski definition) is 4. The molecule has 1 aliphatic carbocycles. The van der Waals surface area contributed by atoms with Crippen LogP contribution in [-0.2, 0) is 12.8 Å². The summed E-state index contributed by atoms with van der Waals surface area (Å²) in [6, 6.07) is 9.58. The van der Waals surface area contributed by atoms with Crippen LogP contribution in [0.15, 0.2) is 30.3 Å². The lowest BCUT2D eigenvalue weighted by molar-refractivity contribution is 0.0952. The molecule has 1 aliphatic rings. The molecule has 0 spiro atoms. The van der Waals surface area contributed by atoms with E-state index in [1.807, 2.05) is 30.3 Å². The van der Waals surface area contributed by atoms with Gasteiger partial charge in [0.2, 0.25) is 0 Å². The zero-order valence-electron chi connectivity index (χ0n) is 10.9. The lowest BCUT2D eigenvalue weighted by Crippen LogP contribution is -2.12. The van der Waals surface area contributed by atoms with E-state index in [-0.39, 0.29) is 5.91 Å². The van der Waals surface area contributed by atoms with E-state index >= 15 is 0 Å². The summed E-state index contributed by atoms with van der Waals surface area (Å²) in [5, 5.41) is 8.05. The SMILES string of the molecule is O=C(c1cc2c(s1)CCCC2)n1nnc2ccccc21. The number of thiophene rings is 1. The van der Waals surface area contributed by atoms with Gasteiger partial charge in [0, 0.05) is 4.88 Å². The van der Waals surface area contributed by atoms with Crippen LogP contribution in [0.25, 0.3) is 11.0 Å². The van der Waals surface area contributed by atoms with Gasteiger partial charge in [0.1, 0.15) is 5.52 Å². The highest BCUT2D eigenvalue weighted by molar-refractivity contribution is 7.14. The lowest BCUT2D eigenvalue weighted by atomic mass is 9.99. The van der Waals surface area contributed by atoms with Crippen LogP contribution in [-0.4, -0.2) is 20.9 Å². The molecule has 0 amide bonds. The van der Waals surface area contributed by atoms with Gasteiger partial charge >= 0.3 is 0 Å². The molecule has 0 radical (unpaired) electrons. The van der Waals surface area contributed by atoms with Crippen molar-refractivity contribution in [1.82, 2.24) is 15.0 Å². The highest BCUT2D eigenvalue weighted by atomic mass is 32.1. The molecule has 0 saturated carbocycles. The first-order valence-corrected chi connectivity index (χ1v) is 7.61. The van der Waals surface area contributed by atoms with E-state index in [4.69, 9.17) is 0 Å². The predicted octanol–water partition coefficient (Wildman–Crippen LogP) is 3.06. The number of carbonyl (C=O) groups is 1. The van der Waals surface area contributed by atoms with Crippen LogP contribution in [0.2, 0.25) is 0 Å². The molecule has 3 aromatic rings. The quantitative estimate of drug-likeness (QED) is 0.689. The van der Waals surface area contributed by atoms with Gasteiger partial charge in [-0.15, -0.1) is 16.4 Å². The second kappa shape index (κ2) is 4.52. The van der Waals surface area contributed by atoms with Gasteiger partial charge in [-0.05, 0) is 49.4 Å². The maximum atomic E-state index is 12.6. The Morgan fingerprint density at radius 3 is 2.95 bits per heavy atom. The molecule has 0 fully saturated rings. The molecule has 1 aromatic carbocycles. The third kappa shape index (κ3) is 1.78. The number of rotatable bonds is 1. The fourth-order valence-electron chi connectivity index (χ4n) is 2.72. The number of fused-ring (bicyclic) bond motifs is 2. The Hall–Kier alpha value is -2.01. The predicted molar refractivity (Wildman–Crippen MR) is 78.2 cm³/mol. The molecule has 0 N–H and O–H groups in total. The van der Waals surface area contributed by atoms with Crippen molar-refractivity contribution < 1.29 is 4.79 Å². The minimum absolute atomic E-state index is 0.0712. The minimum Gasteiger partial charge on any atom is -0.266 e. The fourth-order valence-corrected chi connectivity index (χ4v) is 3.90. The Kier molecular flexibility index (Phi) is 2.67. The number of carbonyl (C=O) groups excluding carboxylic acids is 1. The van der Waals surface area contributed by atoms with E-state index < -0.39 is 0 Å². The van der Waals surface area contributed by atoms with Gasteiger partial charge in [0.15, 0.2) is 0 Å². The normalized spacial score (nSPS) is 14.4. The Bertz CT molecular complexity index is 779. The molecule has 2 heterocycles. The molecule has 0 aliphatic heterocycles. The van der Waals surface area contributed by atoms with Gasteiger partial charge < -0.3 is 0 Å². The molecule has 4 rings (SSSR count). The summed E-state index contributed by atoms with van der Waals surface area (Å²) in [5.74, 6) is -0.0712. The number of benzene rings is 1. The van der Waals surface area contributed by atoms with Crippen molar-refractivity contribution in [2.45, 2.75) is 25.7 Å². The van der Waals surface area contributed by atoms with Crippen LogP contribution in [0.5, 0.6) is 0 Å². The van der Waals surface area contributed by atoms with Crippen LogP contribution in [0, 0.1) is 0 Å². The van der Waals surface area contributed by atoms with Crippen molar-refractivity contribution in [1.29, 1.82) is 0 Å². The van der Waals surface area contributed by atoms with Crippen LogP contribution in [0.4, 0.5) is 0 Å². The average Bonchev–Trinajstić information content (AvgIpc) is 3.10. The summed E-state index contributed by atoms with van der Waals surface area (Å²) >= 11 is 1.61. The summed E-state index contributed by atoms with van der Waals surface area (Å²) in [4.78, 5) is 14.7. The molecule has 0 unspecified atom stereocenters. The first-order chi connectivity index (χ1) is 9.83. The molecule has 4 nitrogen and oxygen atoms in total. The molecule has 100 valence electrons. The lowest BCUT2D eigenvalue weighted by Gasteiger charge is -2.08. The standard InChI is InChI=1S/C15H13N3OS/c19-15(14-9-10-5-1-4-8-13(10)20-14)18-12-7-3-2-6-11(12)16-17-18/h2-3,6-7,9H,1,4-5,8H2. The third-order valence-corrected chi connectivity index (χ3v) is 4.98. The Morgan fingerprint density at radius 1 is 1.20 bits per heavy atom. The molecule has 5 heteroatoms. The zero-order valence-corrected chi connectivity index (χ0v) is 11.7. The summed E-state index contributed by atoms with van der Waals surface area (Å²) < 4.78 is 1.41. The van der Waals surface area contributed by atoms with E-state index in [0.717, 1.165) is 28.8 Å². The molecule has 2 aromatic heterocycles. The van der Waals surface area contributed by atoms with Crippen molar-refractivity contribution in [3.8, 4) is 0 Å². The maximum Gasteiger partial charge on any atom is 0.290 e. The largest absolute Gasteiger partial charge is 0.290 e. The van der Waals surface area contributed by atoms with E-state index in [2.05, 4.69) is 10.3 Å². The molecular formula is C15H13N3OS. The number of aryl methyl sites for hydroxylation is 2.